The zero-order valence-corrected chi connectivity index (χ0v) is 22.0. The van der Waals surface area contributed by atoms with Crippen molar-refractivity contribution < 1.29 is 4.42 Å². The van der Waals surface area contributed by atoms with E-state index in [0.717, 1.165) is 72.8 Å². The Morgan fingerprint density at radius 1 is 1.14 bits per heavy atom. The summed E-state index contributed by atoms with van der Waals surface area (Å²) in [5, 5.41) is 1.53. The number of hydrogen-bond donors (Lipinski definition) is 0. The van der Waals surface area contributed by atoms with Crippen LogP contribution in [0.2, 0.25) is 0 Å². The molecule has 1 aromatic heterocycles. The van der Waals surface area contributed by atoms with Crippen molar-refractivity contribution in [2.45, 2.75) is 60.4 Å². The normalized spacial score (nSPS) is 19.1. The second-order valence-electron chi connectivity index (χ2n) is 9.85. The van der Waals surface area contributed by atoms with Crippen LogP contribution >= 0.6 is 0 Å². The van der Waals surface area contributed by atoms with Crippen LogP contribution in [0.4, 0.5) is 5.69 Å². The number of benzene rings is 1. The van der Waals surface area contributed by atoms with Crippen molar-refractivity contribution in [3.05, 3.63) is 70.3 Å². The summed E-state index contributed by atoms with van der Waals surface area (Å²) in [5.41, 5.74) is 4.69. The van der Waals surface area contributed by atoms with Gasteiger partial charge in [0.1, 0.15) is 5.76 Å². The van der Waals surface area contributed by atoms with E-state index in [1.165, 1.54) is 0 Å². The minimum absolute atomic E-state index is 0.294. The molecule has 2 aromatic rings. The third-order valence-electron chi connectivity index (χ3n) is 6.82. The number of unbranched alkanes of at least 4 members (excludes halogenated alkanes) is 1. The number of nitrogens with zero attached hydrogens (tertiary/aromatic N) is 4. The van der Waals surface area contributed by atoms with Gasteiger partial charge >= 0.3 is 5.63 Å². The van der Waals surface area contributed by atoms with Gasteiger partial charge in [-0.15, -0.1) is 0 Å². The summed E-state index contributed by atoms with van der Waals surface area (Å²) in [7, 11) is 0. The number of hydrogen-bond acceptors (Lipinski definition) is 6. The van der Waals surface area contributed by atoms with E-state index in [0.29, 0.717) is 17.2 Å². The SMILES string of the molecule is CCC/C=C1\C(C)=NC(C)=CN1/C=C(\C)c1cc2ccc(N3CCN(C(C)C)CC3)cc2c(=O)o1. The van der Waals surface area contributed by atoms with Gasteiger partial charge < -0.3 is 14.2 Å². The second-order valence-corrected chi connectivity index (χ2v) is 9.85. The fourth-order valence-electron chi connectivity index (χ4n) is 4.78. The highest BCUT2D eigenvalue weighted by Gasteiger charge is 2.20. The van der Waals surface area contributed by atoms with Gasteiger partial charge in [0.05, 0.1) is 22.5 Å². The number of anilines is 1. The molecule has 6 heteroatoms. The summed E-state index contributed by atoms with van der Waals surface area (Å²) < 4.78 is 5.81. The van der Waals surface area contributed by atoms with Crippen LogP contribution in [-0.2, 0) is 0 Å². The first kappa shape index (κ1) is 25.0. The van der Waals surface area contributed by atoms with Crippen LogP contribution in [0.15, 0.2) is 68.3 Å². The van der Waals surface area contributed by atoms with Crippen LogP contribution in [0.3, 0.4) is 0 Å². The van der Waals surface area contributed by atoms with Crippen molar-refractivity contribution in [3.63, 3.8) is 0 Å². The molecule has 186 valence electrons. The molecule has 0 N–H and O–H groups in total. The molecule has 1 fully saturated rings. The first-order valence-corrected chi connectivity index (χ1v) is 12.7. The van der Waals surface area contributed by atoms with Gasteiger partial charge in [-0.25, -0.2) is 4.79 Å². The molecular formula is C29H38N4O2. The number of rotatable bonds is 6. The highest BCUT2D eigenvalue weighted by Crippen LogP contribution is 2.26. The largest absolute Gasteiger partial charge is 0.423 e. The summed E-state index contributed by atoms with van der Waals surface area (Å²) in [6.07, 6.45) is 8.31. The van der Waals surface area contributed by atoms with Crippen molar-refractivity contribution in [2.75, 3.05) is 31.1 Å². The zero-order valence-electron chi connectivity index (χ0n) is 22.0. The summed E-state index contributed by atoms with van der Waals surface area (Å²) >= 11 is 0. The Labute approximate surface area is 208 Å². The Bertz CT molecular complexity index is 1260. The number of allylic oxidation sites excluding steroid dienone is 4. The van der Waals surface area contributed by atoms with Crippen LogP contribution in [0.5, 0.6) is 0 Å². The van der Waals surface area contributed by atoms with Gasteiger partial charge in [0.25, 0.3) is 0 Å². The number of aliphatic imine (C=N–C) groups is 1. The molecule has 1 aromatic carbocycles. The standard InChI is InChI=1S/C29H38N4O2/c1-7-8-9-27-23(6)30-22(5)19-33(27)18-21(4)28-16-24-10-11-25(17-26(24)29(34)35-28)32-14-12-31(13-15-32)20(2)3/h9-11,16-20H,7-8,12-15H2,1-6H3/b21-18+,27-9+. The van der Waals surface area contributed by atoms with Crippen molar-refractivity contribution in [2.24, 2.45) is 4.99 Å². The van der Waals surface area contributed by atoms with Crippen LogP contribution in [0.1, 0.15) is 60.1 Å². The zero-order chi connectivity index (χ0) is 25.1. The molecule has 0 radical (unpaired) electrons. The van der Waals surface area contributed by atoms with Gasteiger partial charge in [-0.3, -0.25) is 9.89 Å². The van der Waals surface area contributed by atoms with Gasteiger partial charge in [-0.1, -0.05) is 25.5 Å². The maximum Gasteiger partial charge on any atom is 0.344 e. The third kappa shape index (κ3) is 5.59. The molecule has 0 aliphatic carbocycles. The molecule has 2 aliphatic rings. The van der Waals surface area contributed by atoms with Gasteiger partial charge in [-0.2, -0.15) is 0 Å². The lowest BCUT2D eigenvalue weighted by molar-refractivity contribution is 0.209. The summed E-state index contributed by atoms with van der Waals surface area (Å²) in [4.78, 5) is 24.6. The maximum absolute atomic E-state index is 13.0. The third-order valence-corrected chi connectivity index (χ3v) is 6.82. The van der Waals surface area contributed by atoms with Crippen LogP contribution in [0, 0.1) is 0 Å². The summed E-state index contributed by atoms with van der Waals surface area (Å²) in [6.45, 7) is 16.7. The van der Waals surface area contributed by atoms with E-state index in [4.69, 9.17) is 4.42 Å². The highest BCUT2D eigenvalue weighted by atomic mass is 16.4. The lowest BCUT2D eigenvalue weighted by Gasteiger charge is -2.38. The van der Waals surface area contributed by atoms with Crippen molar-refractivity contribution >= 4 is 27.7 Å². The Morgan fingerprint density at radius 3 is 2.57 bits per heavy atom. The predicted octanol–water partition coefficient (Wildman–Crippen LogP) is 6.01. The van der Waals surface area contributed by atoms with Gasteiger partial charge in [-0.05, 0) is 64.6 Å². The molecule has 0 unspecified atom stereocenters. The van der Waals surface area contributed by atoms with Crippen LogP contribution in [-0.4, -0.2) is 47.7 Å². The minimum atomic E-state index is -0.294. The highest BCUT2D eigenvalue weighted by molar-refractivity contribution is 5.99. The molecule has 6 nitrogen and oxygen atoms in total. The van der Waals surface area contributed by atoms with E-state index in [1.807, 2.05) is 51.4 Å². The molecular weight excluding hydrogens is 436 g/mol. The van der Waals surface area contributed by atoms with Gasteiger partial charge in [0.2, 0.25) is 0 Å². The predicted molar refractivity (Wildman–Crippen MR) is 147 cm³/mol. The van der Waals surface area contributed by atoms with Crippen molar-refractivity contribution in [3.8, 4) is 0 Å². The lowest BCUT2D eigenvalue weighted by Crippen LogP contribution is -2.48. The van der Waals surface area contributed by atoms with E-state index < -0.39 is 0 Å². The van der Waals surface area contributed by atoms with Gasteiger partial charge in [0.15, 0.2) is 0 Å². The van der Waals surface area contributed by atoms with E-state index in [-0.39, 0.29) is 5.63 Å². The molecule has 2 aliphatic heterocycles. The number of piperazine rings is 1. The Balaban J connectivity index is 1.61. The van der Waals surface area contributed by atoms with E-state index in [9.17, 15) is 4.79 Å². The molecule has 0 atom stereocenters. The quantitative estimate of drug-likeness (QED) is 0.513. The second kappa shape index (κ2) is 10.6. The Hall–Kier alpha value is -3.12. The Kier molecular flexibility index (Phi) is 7.60. The fraction of sp³-hybridized carbons (Fsp3) is 0.448. The molecule has 0 bridgehead atoms. The van der Waals surface area contributed by atoms with Gasteiger partial charge in [0, 0.05) is 55.9 Å². The Morgan fingerprint density at radius 2 is 1.89 bits per heavy atom. The summed E-state index contributed by atoms with van der Waals surface area (Å²) in [5.74, 6) is 0.585. The van der Waals surface area contributed by atoms with Crippen molar-refractivity contribution in [1.29, 1.82) is 0 Å². The summed E-state index contributed by atoms with van der Waals surface area (Å²) in [6, 6.07) is 8.69. The molecule has 0 spiro atoms. The average molecular weight is 475 g/mol. The molecule has 0 saturated carbocycles. The average Bonchev–Trinajstić information content (AvgIpc) is 2.83. The molecule has 0 amide bonds. The first-order chi connectivity index (χ1) is 16.8. The van der Waals surface area contributed by atoms with Crippen molar-refractivity contribution in [1.82, 2.24) is 9.80 Å². The fourth-order valence-corrected chi connectivity index (χ4v) is 4.78. The first-order valence-electron chi connectivity index (χ1n) is 12.7. The lowest BCUT2D eigenvalue weighted by atomic mass is 10.1. The molecule has 35 heavy (non-hydrogen) atoms. The molecule has 1 saturated heterocycles. The molecule has 4 rings (SSSR count). The monoisotopic (exact) mass is 474 g/mol. The smallest absolute Gasteiger partial charge is 0.344 e. The topological polar surface area (TPSA) is 52.3 Å². The molecule has 3 heterocycles. The van der Waals surface area contributed by atoms with E-state index in [1.54, 1.807) is 0 Å². The van der Waals surface area contributed by atoms with E-state index in [2.05, 4.69) is 52.6 Å². The van der Waals surface area contributed by atoms with Crippen LogP contribution < -0.4 is 10.5 Å². The van der Waals surface area contributed by atoms with E-state index >= 15 is 0 Å². The minimum Gasteiger partial charge on any atom is -0.423 e. The number of fused-ring (bicyclic) bond motifs is 1. The van der Waals surface area contributed by atoms with Crippen LogP contribution in [0.25, 0.3) is 16.3 Å². The maximum atomic E-state index is 13.0.